The number of nitro benzene ring substituents is 1. The van der Waals surface area contributed by atoms with Crippen molar-refractivity contribution in [1.29, 1.82) is 0 Å². The van der Waals surface area contributed by atoms with E-state index >= 15 is 0 Å². The average molecular weight is 336 g/mol. The lowest BCUT2D eigenvalue weighted by molar-refractivity contribution is -0.384. The zero-order valence-corrected chi connectivity index (χ0v) is 13.6. The number of nitro groups is 1. The van der Waals surface area contributed by atoms with E-state index in [0.29, 0.717) is 11.1 Å². The van der Waals surface area contributed by atoms with Crippen LogP contribution >= 0.6 is 0 Å². The van der Waals surface area contributed by atoms with Gasteiger partial charge in [0, 0.05) is 23.3 Å². The second kappa shape index (κ2) is 8.41. The minimum absolute atomic E-state index is 0.00184. The topological polar surface area (TPSA) is 89.3 Å². The highest BCUT2D eigenvalue weighted by Gasteiger charge is 2.06. The molecule has 2 aromatic carbocycles. The summed E-state index contributed by atoms with van der Waals surface area (Å²) in [6, 6.07) is 12.8. The molecule has 0 spiro atoms. The molecule has 1 N–H and O–H groups in total. The van der Waals surface area contributed by atoms with Gasteiger partial charge in [-0.1, -0.05) is 36.1 Å². The standard InChI is InChI=1S/C19H16N2O4/c1-14(22)17-8-4-15(5-9-17)3-2-12-20-19(23)13-16-6-10-18(11-7-16)21(24)25/h4-11H,12-13H2,1H3,(H,20,23). The van der Waals surface area contributed by atoms with Gasteiger partial charge in [-0.2, -0.15) is 0 Å². The van der Waals surface area contributed by atoms with Crippen molar-refractivity contribution in [3.05, 3.63) is 75.3 Å². The molecule has 0 atom stereocenters. The largest absolute Gasteiger partial charge is 0.345 e. The van der Waals surface area contributed by atoms with Gasteiger partial charge in [0.2, 0.25) is 5.91 Å². The Morgan fingerprint density at radius 2 is 1.72 bits per heavy atom. The molecule has 25 heavy (non-hydrogen) atoms. The van der Waals surface area contributed by atoms with Crippen LogP contribution in [-0.2, 0) is 11.2 Å². The van der Waals surface area contributed by atoms with Crippen LogP contribution in [0.1, 0.15) is 28.4 Å². The molecule has 6 nitrogen and oxygen atoms in total. The number of amides is 1. The van der Waals surface area contributed by atoms with E-state index in [0.717, 1.165) is 5.56 Å². The van der Waals surface area contributed by atoms with E-state index in [1.165, 1.54) is 19.1 Å². The van der Waals surface area contributed by atoms with Crippen LogP contribution in [0.5, 0.6) is 0 Å². The number of carbonyl (C=O) groups is 2. The van der Waals surface area contributed by atoms with Gasteiger partial charge in [-0.25, -0.2) is 0 Å². The molecule has 0 saturated carbocycles. The summed E-state index contributed by atoms with van der Waals surface area (Å²) in [4.78, 5) is 33.1. The third kappa shape index (κ3) is 5.59. The zero-order chi connectivity index (χ0) is 18.2. The van der Waals surface area contributed by atoms with E-state index in [2.05, 4.69) is 17.2 Å². The summed E-state index contributed by atoms with van der Waals surface area (Å²) in [5.41, 5.74) is 2.07. The fourth-order valence-corrected chi connectivity index (χ4v) is 2.06. The summed E-state index contributed by atoms with van der Waals surface area (Å²) in [7, 11) is 0. The Hall–Kier alpha value is -3.46. The van der Waals surface area contributed by atoms with Gasteiger partial charge in [0.1, 0.15) is 0 Å². The number of hydrogen-bond acceptors (Lipinski definition) is 4. The second-order valence-electron chi connectivity index (χ2n) is 5.31. The fourth-order valence-electron chi connectivity index (χ4n) is 2.06. The van der Waals surface area contributed by atoms with Crippen molar-refractivity contribution >= 4 is 17.4 Å². The number of Topliss-reactive ketones (excluding diaryl/α,β-unsaturated/α-hetero) is 1. The first-order valence-corrected chi connectivity index (χ1v) is 7.55. The first-order chi connectivity index (χ1) is 12.0. The fraction of sp³-hybridized carbons (Fsp3) is 0.158. The summed E-state index contributed by atoms with van der Waals surface area (Å²) < 4.78 is 0. The van der Waals surface area contributed by atoms with Crippen LogP contribution in [-0.4, -0.2) is 23.2 Å². The van der Waals surface area contributed by atoms with Crippen molar-refractivity contribution in [1.82, 2.24) is 5.32 Å². The molecular weight excluding hydrogens is 320 g/mol. The third-order valence-corrected chi connectivity index (χ3v) is 3.41. The molecule has 0 aliphatic heterocycles. The Morgan fingerprint density at radius 3 is 2.28 bits per heavy atom. The van der Waals surface area contributed by atoms with Crippen LogP contribution in [0.15, 0.2) is 48.5 Å². The molecule has 0 aromatic heterocycles. The van der Waals surface area contributed by atoms with E-state index in [1.807, 2.05) is 0 Å². The Kier molecular flexibility index (Phi) is 6.02. The smallest absolute Gasteiger partial charge is 0.269 e. The lowest BCUT2D eigenvalue weighted by atomic mass is 10.1. The number of hydrogen-bond donors (Lipinski definition) is 1. The van der Waals surface area contributed by atoms with E-state index in [-0.39, 0.29) is 30.3 Å². The maximum absolute atomic E-state index is 11.8. The molecule has 0 aliphatic rings. The van der Waals surface area contributed by atoms with Crippen molar-refractivity contribution in [2.75, 3.05) is 6.54 Å². The van der Waals surface area contributed by atoms with Gasteiger partial charge in [-0.15, -0.1) is 0 Å². The Bertz CT molecular complexity index is 844. The molecular formula is C19H16N2O4. The zero-order valence-electron chi connectivity index (χ0n) is 13.6. The lowest BCUT2D eigenvalue weighted by Gasteiger charge is -2.01. The first kappa shape index (κ1) is 17.9. The Morgan fingerprint density at radius 1 is 1.08 bits per heavy atom. The predicted molar refractivity (Wildman–Crippen MR) is 93.1 cm³/mol. The number of benzene rings is 2. The highest BCUT2D eigenvalue weighted by molar-refractivity contribution is 5.94. The van der Waals surface area contributed by atoms with Crippen LogP contribution < -0.4 is 5.32 Å². The van der Waals surface area contributed by atoms with Crippen molar-refractivity contribution in [3.8, 4) is 11.8 Å². The minimum Gasteiger partial charge on any atom is -0.345 e. The third-order valence-electron chi connectivity index (χ3n) is 3.41. The quantitative estimate of drug-likeness (QED) is 0.393. The van der Waals surface area contributed by atoms with Crippen molar-refractivity contribution < 1.29 is 14.5 Å². The SMILES string of the molecule is CC(=O)c1ccc(C#CCNC(=O)Cc2ccc([N+](=O)[O-])cc2)cc1. The molecule has 0 fully saturated rings. The van der Waals surface area contributed by atoms with Gasteiger partial charge in [-0.3, -0.25) is 19.7 Å². The molecule has 2 aromatic rings. The molecule has 0 heterocycles. The van der Waals surface area contributed by atoms with Crippen LogP contribution in [0.3, 0.4) is 0 Å². The van der Waals surface area contributed by atoms with Crippen LogP contribution in [0.25, 0.3) is 0 Å². The van der Waals surface area contributed by atoms with Crippen molar-refractivity contribution in [2.45, 2.75) is 13.3 Å². The summed E-state index contributed by atoms with van der Waals surface area (Å²) in [5, 5.41) is 13.2. The first-order valence-electron chi connectivity index (χ1n) is 7.55. The van der Waals surface area contributed by atoms with E-state index < -0.39 is 4.92 Å². The maximum Gasteiger partial charge on any atom is 0.269 e. The number of nitrogens with zero attached hydrogens (tertiary/aromatic N) is 1. The van der Waals surface area contributed by atoms with Gasteiger partial charge in [0.05, 0.1) is 17.9 Å². The molecule has 0 saturated heterocycles. The predicted octanol–water partition coefficient (Wildman–Crippen LogP) is 2.51. The van der Waals surface area contributed by atoms with Gasteiger partial charge >= 0.3 is 0 Å². The summed E-state index contributed by atoms with van der Waals surface area (Å²) in [5.74, 6) is 5.52. The number of nitrogens with one attached hydrogen (secondary N) is 1. The van der Waals surface area contributed by atoms with E-state index in [9.17, 15) is 19.7 Å². The van der Waals surface area contributed by atoms with Crippen LogP contribution in [0.2, 0.25) is 0 Å². The Labute approximate surface area is 145 Å². The molecule has 0 bridgehead atoms. The molecule has 6 heteroatoms. The van der Waals surface area contributed by atoms with Crippen molar-refractivity contribution in [3.63, 3.8) is 0 Å². The normalized spacial score (nSPS) is 9.64. The van der Waals surface area contributed by atoms with Gasteiger partial charge in [0.15, 0.2) is 5.78 Å². The minimum atomic E-state index is -0.484. The molecule has 0 aliphatic carbocycles. The molecule has 0 unspecified atom stereocenters. The number of ketones is 1. The maximum atomic E-state index is 11.8. The van der Waals surface area contributed by atoms with E-state index in [4.69, 9.17) is 0 Å². The van der Waals surface area contributed by atoms with E-state index in [1.54, 1.807) is 36.4 Å². The van der Waals surface area contributed by atoms with Crippen LogP contribution in [0.4, 0.5) is 5.69 Å². The van der Waals surface area contributed by atoms with Crippen LogP contribution in [0, 0.1) is 22.0 Å². The highest BCUT2D eigenvalue weighted by Crippen LogP contribution is 2.12. The second-order valence-corrected chi connectivity index (χ2v) is 5.31. The monoisotopic (exact) mass is 336 g/mol. The molecule has 1 amide bonds. The number of rotatable bonds is 5. The average Bonchev–Trinajstić information content (AvgIpc) is 2.59. The number of non-ortho nitro benzene ring substituents is 1. The van der Waals surface area contributed by atoms with Gasteiger partial charge in [0.25, 0.3) is 5.69 Å². The van der Waals surface area contributed by atoms with Gasteiger partial charge < -0.3 is 5.32 Å². The summed E-state index contributed by atoms with van der Waals surface area (Å²) in [6.45, 7) is 1.70. The summed E-state index contributed by atoms with van der Waals surface area (Å²) >= 11 is 0. The molecule has 2 rings (SSSR count). The molecule has 0 radical (unpaired) electrons. The highest BCUT2D eigenvalue weighted by atomic mass is 16.6. The van der Waals surface area contributed by atoms with Gasteiger partial charge in [-0.05, 0) is 24.6 Å². The van der Waals surface area contributed by atoms with Crippen molar-refractivity contribution in [2.24, 2.45) is 0 Å². The molecule has 126 valence electrons. The number of carbonyl (C=O) groups excluding carboxylic acids is 2. The Balaban J connectivity index is 1.82. The lowest BCUT2D eigenvalue weighted by Crippen LogP contribution is -2.25. The summed E-state index contributed by atoms with van der Waals surface area (Å²) in [6.07, 6.45) is 0.132.